The molecule has 0 aliphatic carbocycles. The van der Waals surface area contributed by atoms with E-state index in [1.54, 1.807) is 0 Å². The molecule has 21 heavy (non-hydrogen) atoms. The number of hydrogen-bond donors (Lipinski definition) is 2. The summed E-state index contributed by atoms with van der Waals surface area (Å²) in [5.74, 6) is -0.878. The molecule has 1 heterocycles. The second-order valence-corrected chi connectivity index (χ2v) is 4.92. The predicted molar refractivity (Wildman–Crippen MR) is 82.8 cm³/mol. The number of benzene rings is 1. The van der Waals surface area contributed by atoms with E-state index in [9.17, 15) is 15.0 Å². The number of fused-ring (bicyclic) bond motifs is 1. The van der Waals surface area contributed by atoms with Crippen LogP contribution in [0.3, 0.4) is 0 Å². The van der Waals surface area contributed by atoms with Crippen LogP contribution >= 0.6 is 0 Å². The number of aromatic nitrogens is 1. The van der Waals surface area contributed by atoms with E-state index in [0.717, 1.165) is 27.8 Å². The standard InChI is InChI=1S/C16H20N2O3/c1-3-18(8-9-19)16-12-6-4-5-7-14(12)17-11(2)13(16)10-15(20)21/h4-7,19H,3,8-10H2,1-2H3,(H,20,21). The Morgan fingerprint density at radius 2 is 2.05 bits per heavy atom. The van der Waals surface area contributed by atoms with Gasteiger partial charge in [-0.1, -0.05) is 18.2 Å². The molecule has 0 unspecified atom stereocenters. The second-order valence-electron chi connectivity index (χ2n) is 4.92. The largest absolute Gasteiger partial charge is 0.481 e. The van der Waals surface area contributed by atoms with E-state index in [-0.39, 0.29) is 13.0 Å². The van der Waals surface area contributed by atoms with Gasteiger partial charge in [0.2, 0.25) is 0 Å². The van der Waals surface area contributed by atoms with Crippen LogP contribution in [0.1, 0.15) is 18.2 Å². The van der Waals surface area contributed by atoms with Crippen molar-refractivity contribution in [2.24, 2.45) is 0 Å². The minimum absolute atomic E-state index is 0.0239. The Kier molecular flexibility index (Phi) is 4.75. The number of pyridine rings is 1. The first-order valence-corrected chi connectivity index (χ1v) is 7.04. The minimum Gasteiger partial charge on any atom is -0.481 e. The maximum atomic E-state index is 11.2. The fourth-order valence-corrected chi connectivity index (χ4v) is 2.63. The number of aliphatic hydroxyl groups is 1. The molecule has 5 heteroatoms. The number of aryl methyl sites for hydroxylation is 1. The van der Waals surface area contributed by atoms with Crippen LogP contribution in [0, 0.1) is 6.92 Å². The van der Waals surface area contributed by atoms with Gasteiger partial charge in [-0.05, 0) is 19.9 Å². The van der Waals surface area contributed by atoms with Gasteiger partial charge in [0.05, 0.1) is 24.2 Å². The van der Waals surface area contributed by atoms with Crippen LogP contribution in [-0.2, 0) is 11.2 Å². The lowest BCUT2D eigenvalue weighted by Gasteiger charge is -2.27. The van der Waals surface area contributed by atoms with Gasteiger partial charge < -0.3 is 15.1 Å². The van der Waals surface area contributed by atoms with Crippen molar-refractivity contribution in [3.05, 3.63) is 35.5 Å². The van der Waals surface area contributed by atoms with Crippen LogP contribution in [-0.4, -0.2) is 40.9 Å². The maximum Gasteiger partial charge on any atom is 0.307 e. The average molecular weight is 288 g/mol. The molecular weight excluding hydrogens is 268 g/mol. The molecule has 0 amide bonds. The van der Waals surface area contributed by atoms with Crippen LogP contribution < -0.4 is 4.90 Å². The van der Waals surface area contributed by atoms with Gasteiger partial charge in [-0.15, -0.1) is 0 Å². The Morgan fingerprint density at radius 1 is 1.33 bits per heavy atom. The molecule has 1 aromatic heterocycles. The monoisotopic (exact) mass is 288 g/mol. The smallest absolute Gasteiger partial charge is 0.307 e. The number of hydrogen-bond acceptors (Lipinski definition) is 4. The summed E-state index contributed by atoms with van der Waals surface area (Å²) in [6.45, 7) is 5.01. The van der Waals surface area contributed by atoms with Gasteiger partial charge in [-0.3, -0.25) is 9.78 Å². The van der Waals surface area contributed by atoms with E-state index in [1.807, 2.05) is 43.0 Å². The molecule has 0 spiro atoms. The van der Waals surface area contributed by atoms with Crippen molar-refractivity contribution >= 4 is 22.6 Å². The van der Waals surface area contributed by atoms with E-state index in [2.05, 4.69) is 4.98 Å². The second kappa shape index (κ2) is 6.54. The SMILES string of the molecule is CCN(CCO)c1c(CC(=O)O)c(C)nc2ccccc12. The van der Waals surface area contributed by atoms with E-state index in [4.69, 9.17) is 0 Å². The van der Waals surface area contributed by atoms with E-state index in [0.29, 0.717) is 13.1 Å². The van der Waals surface area contributed by atoms with Gasteiger partial charge in [-0.2, -0.15) is 0 Å². The van der Waals surface area contributed by atoms with Gasteiger partial charge in [0.15, 0.2) is 0 Å². The molecule has 0 saturated carbocycles. The number of carboxylic acid groups (broad SMARTS) is 1. The van der Waals surface area contributed by atoms with Crippen molar-refractivity contribution in [2.45, 2.75) is 20.3 Å². The van der Waals surface area contributed by atoms with Crippen molar-refractivity contribution in [2.75, 3.05) is 24.6 Å². The quantitative estimate of drug-likeness (QED) is 0.850. The molecule has 112 valence electrons. The molecule has 0 aliphatic rings. The molecule has 2 rings (SSSR count). The van der Waals surface area contributed by atoms with Crippen LogP contribution in [0.2, 0.25) is 0 Å². The Labute approximate surface area is 123 Å². The first-order chi connectivity index (χ1) is 10.1. The van der Waals surface area contributed by atoms with Gasteiger partial charge in [0.25, 0.3) is 0 Å². The summed E-state index contributed by atoms with van der Waals surface area (Å²) in [6, 6.07) is 7.70. The lowest BCUT2D eigenvalue weighted by molar-refractivity contribution is -0.136. The first kappa shape index (κ1) is 15.3. The highest BCUT2D eigenvalue weighted by Gasteiger charge is 2.19. The minimum atomic E-state index is -0.878. The number of aliphatic hydroxyl groups excluding tert-OH is 1. The molecule has 0 fully saturated rings. The highest BCUT2D eigenvalue weighted by Crippen LogP contribution is 2.32. The van der Waals surface area contributed by atoms with E-state index in [1.165, 1.54) is 0 Å². The summed E-state index contributed by atoms with van der Waals surface area (Å²) < 4.78 is 0. The summed E-state index contributed by atoms with van der Waals surface area (Å²) in [7, 11) is 0. The highest BCUT2D eigenvalue weighted by molar-refractivity contribution is 5.95. The Morgan fingerprint density at radius 3 is 2.67 bits per heavy atom. The van der Waals surface area contributed by atoms with E-state index >= 15 is 0 Å². The zero-order valence-corrected chi connectivity index (χ0v) is 12.3. The average Bonchev–Trinajstić information content (AvgIpc) is 2.46. The van der Waals surface area contributed by atoms with Crippen molar-refractivity contribution in [1.82, 2.24) is 4.98 Å². The summed E-state index contributed by atoms with van der Waals surface area (Å²) in [5, 5.41) is 19.4. The molecule has 2 aromatic rings. The Bertz CT molecular complexity index is 655. The van der Waals surface area contributed by atoms with Crippen molar-refractivity contribution in [3.8, 4) is 0 Å². The summed E-state index contributed by atoms with van der Waals surface area (Å²) in [4.78, 5) is 17.7. The maximum absolute atomic E-state index is 11.2. The molecule has 0 bridgehead atoms. The highest BCUT2D eigenvalue weighted by atomic mass is 16.4. The molecule has 0 atom stereocenters. The molecule has 0 saturated heterocycles. The van der Waals surface area contributed by atoms with Crippen LogP contribution in [0.15, 0.2) is 24.3 Å². The lowest BCUT2D eigenvalue weighted by atomic mass is 10.0. The van der Waals surface area contributed by atoms with Crippen LogP contribution in [0.25, 0.3) is 10.9 Å². The van der Waals surface area contributed by atoms with Gasteiger partial charge >= 0.3 is 5.97 Å². The van der Waals surface area contributed by atoms with Crippen LogP contribution in [0.4, 0.5) is 5.69 Å². The number of aliphatic carboxylic acids is 1. The predicted octanol–water partition coefficient (Wildman–Crippen LogP) is 1.99. The molecule has 2 N–H and O–H groups in total. The number of likely N-dealkylation sites (N-methyl/N-ethyl adjacent to an activating group) is 1. The number of carbonyl (C=O) groups is 1. The molecule has 0 aliphatic heterocycles. The number of para-hydroxylation sites is 1. The summed E-state index contributed by atoms with van der Waals surface area (Å²) in [5.41, 5.74) is 3.16. The zero-order chi connectivity index (χ0) is 15.4. The third kappa shape index (κ3) is 3.13. The summed E-state index contributed by atoms with van der Waals surface area (Å²) >= 11 is 0. The Hall–Kier alpha value is -2.14. The first-order valence-electron chi connectivity index (χ1n) is 7.04. The molecular formula is C16H20N2O3. The van der Waals surface area contributed by atoms with E-state index < -0.39 is 5.97 Å². The topological polar surface area (TPSA) is 73.7 Å². The number of rotatable bonds is 6. The number of carboxylic acids is 1. The molecule has 1 aromatic carbocycles. The third-order valence-electron chi connectivity index (χ3n) is 3.57. The fourth-order valence-electron chi connectivity index (χ4n) is 2.63. The van der Waals surface area contributed by atoms with Gasteiger partial charge in [0, 0.05) is 29.7 Å². The number of nitrogens with zero attached hydrogens (tertiary/aromatic N) is 2. The Balaban J connectivity index is 2.73. The fraction of sp³-hybridized carbons (Fsp3) is 0.375. The van der Waals surface area contributed by atoms with Crippen molar-refractivity contribution in [3.63, 3.8) is 0 Å². The normalized spacial score (nSPS) is 10.8. The zero-order valence-electron chi connectivity index (χ0n) is 12.3. The lowest BCUT2D eigenvalue weighted by Crippen LogP contribution is -2.28. The van der Waals surface area contributed by atoms with Gasteiger partial charge in [-0.25, -0.2) is 0 Å². The van der Waals surface area contributed by atoms with Crippen molar-refractivity contribution in [1.29, 1.82) is 0 Å². The third-order valence-corrected chi connectivity index (χ3v) is 3.57. The van der Waals surface area contributed by atoms with Gasteiger partial charge in [0.1, 0.15) is 0 Å². The summed E-state index contributed by atoms with van der Waals surface area (Å²) in [6.07, 6.45) is -0.0685. The molecule has 5 nitrogen and oxygen atoms in total. The number of anilines is 1. The molecule has 0 radical (unpaired) electrons. The van der Waals surface area contributed by atoms with Crippen molar-refractivity contribution < 1.29 is 15.0 Å². The van der Waals surface area contributed by atoms with Crippen LogP contribution in [0.5, 0.6) is 0 Å².